The van der Waals surface area contributed by atoms with Crippen molar-refractivity contribution in [3.05, 3.63) is 134 Å². The van der Waals surface area contributed by atoms with Gasteiger partial charge >= 0.3 is 0 Å². The first kappa shape index (κ1) is 75.2. The number of ether oxygens (including phenoxy) is 4. The lowest BCUT2D eigenvalue weighted by atomic mass is 9.97. The zero-order valence-corrected chi connectivity index (χ0v) is 50.9. The first-order chi connectivity index (χ1) is 40.6. The molecule has 0 saturated carbocycles. The van der Waals surface area contributed by atoms with E-state index in [0.717, 1.165) is 116 Å². The molecule has 2 aliphatic heterocycles. The normalized spacial score (nSPS) is 24.7. The van der Waals surface area contributed by atoms with Gasteiger partial charge in [0.1, 0.15) is 48.8 Å². The van der Waals surface area contributed by atoms with E-state index in [1.807, 2.05) is 6.08 Å². The average Bonchev–Trinajstić information content (AvgIpc) is 3.64. The number of rotatable bonds is 49. The Balaban J connectivity index is 1.69. The number of carbonyl (C=O) groups excluding carboxylic acids is 1. The Bertz CT molecular complexity index is 1900. The molecule has 0 aliphatic carbocycles. The van der Waals surface area contributed by atoms with E-state index in [2.05, 4.69) is 141 Å². The van der Waals surface area contributed by atoms with Crippen molar-refractivity contribution in [2.45, 2.75) is 274 Å². The number of aliphatic hydroxyl groups is 8. The first-order valence-corrected chi connectivity index (χ1v) is 31.9. The van der Waals surface area contributed by atoms with Gasteiger partial charge in [0.25, 0.3) is 0 Å². The zero-order chi connectivity index (χ0) is 60.2. The van der Waals surface area contributed by atoms with E-state index >= 15 is 0 Å². The summed E-state index contributed by atoms with van der Waals surface area (Å²) in [5, 5.41) is 87.1. The van der Waals surface area contributed by atoms with Gasteiger partial charge < -0.3 is 65.1 Å². The highest BCUT2D eigenvalue weighted by Gasteiger charge is 2.51. The van der Waals surface area contributed by atoms with Crippen molar-refractivity contribution in [1.29, 1.82) is 0 Å². The second kappa shape index (κ2) is 52.5. The van der Waals surface area contributed by atoms with Gasteiger partial charge in [-0.3, -0.25) is 4.79 Å². The maximum Gasteiger partial charge on any atom is 0.220 e. The van der Waals surface area contributed by atoms with Crippen LogP contribution in [0.15, 0.2) is 134 Å². The number of amides is 1. The van der Waals surface area contributed by atoms with Crippen molar-refractivity contribution < 1.29 is 64.6 Å². The highest BCUT2D eigenvalue weighted by molar-refractivity contribution is 5.76. The van der Waals surface area contributed by atoms with Crippen LogP contribution in [0.1, 0.15) is 200 Å². The summed E-state index contributed by atoms with van der Waals surface area (Å²) in [5.41, 5.74) is 0. The fraction of sp³-hybridized carbons (Fsp3) is 0.667. The smallest absolute Gasteiger partial charge is 0.220 e. The summed E-state index contributed by atoms with van der Waals surface area (Å²) < 4.78 is 22.7. The standard InChI is InChI=1S/C69H113NO13/c1-3-5-7-9-11-13-15-17-19-20-21-22-23-24-25-26-27-28-29-30-31-32-33-34-35-36-37-38-39-41-43-45-47-49-51-53-61(74)70-57(58(73)52-50-48-46-44-42-40-18-16-14-12-10-8-6-4-2)56-80-68-66(79)64(77)67(60(55-72)82-68)83-69-65(78)63(76)62(75)59(54-71)81-69/h5,7,11,13,17,19,21-22,24-25,27-28,30-31,33-34,36-37,42,44,50,52,57-60,62-69,71-73,75-79H,3-4,6,8-10,12,14-16,18,20,23,26,29,32,35,38-41,43,45-49,51,53-56H2,1-2H3,(H,70,74)/b7-5-,13-11-,19-17-,22-21-,25-24-,28-27-,31-30-,34-33-,37-36-,44-42+,52-50+. The molecule has 2 saturated heterocycles. The van der Waals surface area contributed by atoms with Gasteiger partial charge in [0, 0.05) is 6.42 Å². The van der Waals surface area contributed by atoms with Crippen molar-refractivity contribution in [3.8, 4) is 0 Å². The van der Waals surface area contributed by atoms with Gasteiger partial charge in [0.15, 0.2) is 12.6 Å². The van der Waals surface area contributed by atoms with Crippen LogP contribution in [0.2, 0.25) is 0 Å². The van der Waals surface area contributed by atoms with Crippen LogP contribution in [-0.4, -0.2) is 140 Å². The van der Waals surface area contributed by atoms with Gasteiger partial charge in [-0.25, -0.2) is 0 Å². The molecule has 0 spiro atoms. The summed E-state index contributed by atoms with van der Waals surface area (Å²) in [6, 6.07) is -0.947. The van der Waals surface area contributed by atoms with E-state index in [-0.39, 0.29) is 18.9 Å². The maximum absolute atomic E-state index is 13.3. The molecule has 2 fully saturated rings. The largest absolute Gasteiger partial charge is 0.394 e. The Hall–Kier alpha value is -3.87. The van der Waals surface area contributed by atoms with Crippen molar-refractivity contribution >= 4 is 5.91 Å². The SMILES string of the molecule is CC/C=C\C/C=C\C/C=C\C/C=C\C/C=C\C/C=C\C/C=C\C/C=C\C/C=C\CCCCCCCCCC(=O)NC(COC1OC(CO)C(OC2OC(CO)C(O)C(O)C2O)C(O)C1O)C(O)/C=C/CC/C=C/CCCCCCCCCC. The van der Waals surface area contributed by atoms with Gasteiger partial charge in [-0.05, 0) is 103 Å². The summed E-state index contributed by atoms with van der Waals surface area (Å²) in [7, 11) is 0. The molecule has 9 N–H and O–H groups in total. The number of unbranched alkanes of at least 4 members (excludes halogenated alkanes) is 16. The fourth-order valence-corrected chi connectivity index (χ4v) is 9.47. The molecule has 2 rings (SSSR count). The molecule has 12 atom stereocenters. The number of nitrogens with one attached hydrogen (secondary N) is 1. The fourth-order valence-electron chi connectivity index (χ4n) is 9.47. The van der Waals surface area contributed by atoms with Crippen molar-refractivity contribution in [3.63, 3.8) is 0 Å². The number of hydrogen-bond donors (Lipinski definition) is 9. The third-order valence-electron chi connectivity index (χ3n) is 14.6. The average molecular weight is 1160 g/mol. The van der Waals surface area contributed by atoms with Crippen LogP contribution >= 0.6 is 0 Å². The predicted octanol–water partition coefficient (Wildman–Crippen LogP) is 11.9. The lowest BCUT2D eigenvalue weighted by Gasteiger charge is -2.46. The summed E-state index contributed by atoms with van der Waals surface area (Å²) >= 11 is 0. The monoisotopic (exact) mass is 1160 g/mol. The summed E-state index contributed by atoms with van der Waals surface area (Å²) in [4.78, 5) is 13.3. The van der Waals surface area contributed by atoms with E-state index in [9.17, 15) is 45.6 Å². The van der Waals surface area contributed by atoms with Crippen LogP contribution < -0.4 is 5.32 Å². The van der Waals surface area contributed by atoms with Crippen LogP contribution in [0.25, 0.3) is 0 Å². The molecule has 0 aromatic rings. The van der Waals surface area contributed by atoms with E-state index < -0.39 is 86.8 Å². The van der Waals surface area contributed by atoms with Crippen molar-refractivity contribution in [2.75, 3.05) is 19.8 Å². The number of aliphatic hydroxyl groups excluding tert-OH is 8. The Morgan fingerprint density at radius 2 is 0.843 bits per heavy atom. The van der Waals surface area contributed by atoms with Crippen LogP contribution in [0, 0.1) is 0 Å². The molecule has 0 bridgehead atoms. The van der Waals surface area contributed by atoms with Crippen LogP contribution in [0.4, 0.5) is 0 Å². The summed E-state index contributed by atoms with van der Waals surface area (Å²) in [6.45, 7) is 2.63. The first-order valence-electron chi connectivity index (χ1n) is 31.9. The quantitative estimate of drug-likeness (QED) is 0.0204. The minimum absolute atomic E-state index is 0.251. The molecule has 0 radical (unpaired) electrons. The van der Waals surface area contributed by atoms with Crippen LogP contribution in [0.3, 0.4) is 0 Å². The number of carbonyl (C=O) groups is 1. The second-order valence-electron chi connectivity index (χ2n) is 21.8. The van der Waals surface area contributed by atoms with E-state index in [1.165, 1.54) is 51.4 Å². The molecule has 2 aliphatic rings. The molecule has 12 unspecified atom stereocenters. The Morgan fingerprint density at radius 1 is 0.446 bits per heavy atom. The van der Waals surface area contributed by atoms with Crippen molar-refractivity contribution in [2.24, 2.45) is 0 Å². The Morgan fingerprint density at radius 3 is 1.33 bits per heavy atom. The van der Waals surface area contributed by atoms with E-state index in [4.69, 9.17) is 18.9 Å². The number of hydrogen-bond acceptors (Lipinski definition) is 13. The Kier molecular flexibility index (Phi) is 47.5. The molecule has 0 aromatic carbocycles. The molecule has 472 valence electrons. The highest BCUT2D eigenvalue weighted by Crippen LogP contribution is 2.30. The molecule has 0 aromatic heterocycles. The summed E-state index contributed by atoms with van der Waals surface area (Å²) in [5.74, 6) is -0.267. The summed E-state index contributed by atoms with van der Waals surface area (Å²) in [6.07, 6.45) is 60.7. The van der Waals surface area contributed by atoms with Crippen molar-refractivity contribution in [1.82, 2.24) is 5.32 Å². The second-order valence-corrected chi connectivity index (χ2v) is 21.8. The molecule has 14 nitrogen and oxygen atoms in total. The number of allylic oxidation sites excluding steroid dienone is 21. The minimum Gasteiger partial charge on any atom is -0.394 e. The van der Waals surface area contributed by atoms with Gasteiger partial charge in [0.05, 0.1) is 32.0 Å². The molecule has 1 amide bonds. The van der Waals surface area contributed by atoms with Gasteiger partial charge in [0.2, 0.25) is 5.91 Å². The lowest BCUT2D eigenvalue weighted by Crippen LogP contribution is -2.65. The van der Waals surface area contributed by atoms with E-state index in [0.29, 0.717) is 12.8 Å². The highest BCUT2D eigenvalue weighted by atomic mass is 16.7. The minimum atomic E-state index is -1.80. The molecule has 2 heterocycles. The van der Waals surface area contributed by atoms with Crippen LogP contribution in [-0.2, 0) is 23.7 Å². The maximum atomic E-state index is 13.3. The van der Waals surface area contributed by atoms with E-state index in [1.54, 1.807) is 6.08 Å². The molecular formula is C69H113NO13. The third kappa shape index (κ3) is 37.3. The van der Waals surface area contributed by atoms with Gasteiger partial charge in [-0.1, -0.05) is 225 Å². The van der Waals surface area contributed by atoms with Gasteiger partial charge in [-0.15, -0.1) is 0 Å². The topological polar surface area (TPSA) is 228 Å². The third-order valence-corrected chi connectivity index (χ3v) is 14.6. The predicted molar refractivity (Wildman–Crippen MR) is 336 cm³/mol. The Labute approximate surface area is 500 Å². The molecule has 14 heteroatoms. The van der Waals surface area contributed by atoms with Gasteiger partial charge in [-0.2, -0.15) is 0 Å². The zero-order valence-electron chi connectivity index (χ0n) is 50.9. The molecular weight excluding hydrogens is 1050 g/mol. The lowest BCUT2D eigenvalue weighted by molar-refractivity contribution is -0.359. The van der Waals surface area contributed by atoms with Crippen LogP contribution in [0.5, 0.6) is 0 Å². The molecule has 83 heavy (non-hydrogen) atoms.